The molecule has 4 atom stereocenters. The largest absolute Gasteiger partial charge is 0.487 e. The highest BCUT2D eigenvalue weighted by molar-refractivity contribution is 7.90. The van der Waals surface area contributed by atoms with Gasteiger partial charge in [-0.15, -0.1) is 0 Å². The molecular weight excluding hydrogens is 612 g/mol. The number of aryl methyl sites for hydroxylation is 1. The van der Waals surface area contributed by atoms with Crippen LogP contribution in [0.4, 0.5) is 5.69 Å². The monoisotopic (exact) mass is 658 g/mol. The van der Waals surface area contributed by atoms with Gasteiger partial charge in [0.1, 0.15) is 12.4 Å². The molecule has 0 saturated heterocycles. The van der Waals surface area contributed by atoms with Gasteiger partial charge >= 0.3 is 0 Å². The van der Waals surface area contributed by atoms with Crippen molar-refractivity contribution in [1.29, 1.82) is 0 Å². The molecule has 2 aromatic carbocycles. The number of anilines is 1. The Bertz CT molecular complexity index is 1490. The van der Waals surface area contributed by atoms with Crippen LogP contribution in [0, 0.1) is 11.8 Å². The van der Waals surface area contributed by atoms with E-state index in [0.717, 1.165) is 56.4 Å². The quantitative estimate of drug-likeness (QED) is 0.365. The van der Waals surface area contributed by atoms with E-state index >= 15 is 0 Å². The highest BCUT2D eigenvalue weighted by Gasteiger charge is 2.39. The summed E-state index contributed by atoms with van der Waals surface area (Å²) in [5, 5.41) is 10.4. The molecule has 246 valence electrons. The number of benzene rings is 2. The van der Waals surface area contributed by atoms with Gasteiger partial charge in [0, 0.05) is 23.7 Å². The van der Waals surface area contributed by atoms with Crippen molar-refractivity contribution in [1.82, 2.24) is 4.72 Å². The molecule has 2 bridgehead atoms. The predicted octanol–water partition coefficient (Wildman–Crippen LogP) is 6.43. The second-order valence-electron chi connectivity index (χ2n) is 13.4. The summed E-state index contributed by atoms with van der Waals surface area (Å²) in [5.41, 5.74) is 2.35. The molecule has 1 aliphatic carbocycles. The number of rotatable bonds is 4. The second-order valence-corrected chi connectivity index (χ2v) is 15.8. The van der Waals surface area contributed by atoms with Crippen molar-refractivity contribution in [3.8, 4) is 5.75 Å². The number of hydrogen-bond donors (Lipinski definition) is 2. The Morgan fingerprint density at radius 3 is 2.67 bits per heavy atom. The number of carbonyl (C=O) groups is 1. The van der Waals surface area contributed by atoms with Crippen molar-refractivity contribution in [2.45, 2.75) is 95.7 Å². The Labute approximate surface area is 273 Å². The SMILES string of the molecule is CC[C@@H]1CC/C=C/[C@H](OCC(C)(C)O)[C@@H]2CC[C@H]2CN2CCCCc3cc(Cl)ccc3COc3ccc(cc32)C(=O)NS1(=O)=O. The average Bonchev–Trinajstić information content (AvgIpc) is 2.99. The van der Waals surface area contributed by atoms with E-state index in [-0.39, 0.29) is 24.2 Å². The number of sulfonamides is 1. The Morgan fingerprint density at radius 1 is 1.11 bits per heavy atom. The van der Waals surface area contributed by atoms with Crippen LogP contribution < -0.4 is 14.4 Å². The van der Waals surface area contributed by atoms with Crippen molar-refractivity contribution in [3.63, 3.8) is 0 Å². The zero-order valence-electron chi connectivity index (χ0n) is 26.6. The molecule has 3 aliphatic rings. The standard InChI is InChI=1S/C35H47ClN2O6S/c1-4-29-10-5-6-11-32(44-23-35(2,3)40)30-16-13-26(30)21-38-18-8-7-9-24-19-28(36)15-12-27(24)22-43-33-17-14-25(20-31(33)38)34(39)37-45(29,41)42/h6,11-12,14-15,17,19-20,26,29-30,32,40H,4-5,7-10,13,16,18,21-23H2,1-3H3,(H,37,39)/b11-6+/t26-,29+,30+,32-/m0/s1. The summed E-state index contributed by atoms with van der Waals surface area (Å²) in [5.74, 6) is 0.609. The van der Waals surface area contributed by atoms with E-state index in [1.165, 1.54) is 5.56 Å². The number of nitrogens with zero attached hydrogens (tertiary/aromatic N) is 1. The average molecular weight is 659 g/mol. The first-order valence-electron chi connectivity index (χ1n) is 16.3. The summed E-state index contributed by atoms with van der Waals surface area (Å²) in [7, 11) is -3.90. The Balaban J connectivity index is 1.53. The van der Waals surface area contributed by atoms with E-state index in [2.05, 4.69) is 15.7 Å². The topological polar surface area (TPSA) is 105 Å². The Morgan fingerprint density at radius 2 is 1.93 bits per heavy atom. The normalized spacial score (nSPS) is 26.6. The minimum Gasteiger partial charge on any atom is -0.487 e. The fourth-order valence-electron chi connectivity index (χ4n) is 6.60. The lowest BCUT2D eigenvalue weighted by Crippen LogP contribution is -2.45. The molecule has 45 heavy (non-hydrogen) atoms. The minimum atomic E-state index is -3.90. The first kappa shape index (κ1) is 33.8. The predicted molar refractivity (Wildman–Crippen MR) is 178 cm³/mol. The first-order valence-corrected chi connectivity index (χ1v) is 18.2. The molecule has 5 rings (SSSR count). The van der Waals surface area contributed by atoms with E-state index in [4.69, 9.17) is 21.1 Å². The molecule has 1 saturated carbocycles. The molecular formula is C35H47ClN2O6S. The molecule has 8 nitrogen and oxygen atoms in total. The Hall–Kier alpha value is -2.59. The molecule has 2 heterocycles. The van der Waals surface area contributed by atoms with Gasteiger partial charge in [0.2, 0.25) is 10.0 Å². The van der Waals surface area contributed by atoms with Gasteiger partial charge in [0.05, 0.1) is 29.2 Å². The van der Waals surface area contributed by atoms with Gasteiger partial charge in [0.25, 0.3) is 5.91 Å². The van der Waals surface area contributed by atoms with Crippen LogP contribution in [0.25, 0.3) is 0 Å². The van der Waals surface area contributed by atoms with E-state index in [1.54, 1.807) is 32.0 Å². The van der Waals surface area contributed by atoms with Gasteiger partial charge in [-0.1, -0.05) is 36.7 Å². The van der Waals surface area contributed by atoms with Gasteiger partial charge in [0.15, 0.2) is 0 Å². The number of carbonyl (C=O) groups excluding carboxylic acids is 1. The van der Waals surface area contributed by atoms with Gasteiger partial charge in [-0.05, 0) is 119 Å². The second kappa shape index (κ2) is 14.4. The molecule has 0 unspecified atom stereocenters. The third-order valence-electron chi connectivity index (χ3n) is 9.33. The van der Waals surface area contributed by atoms with Crippen LogP contribution in [0.2, 0.25) is 5.02 Å². The van der Waals surface area contributed by atoms with E-state index in [1.807, 2.05) is 31.2 Å². The molecule has 2 aromatic rings. The van der Waals surface area contributed by atoms with Crippen molar-refractivity contribution < 1.29 is 27.8 Å². The van der Waals surface area contributed by atoms with Crippen molar-refractivity contribution >= 4 is 33.2 Å². The van der Waals surface area contributed by atoms with Crippen LogP contribution in [0.1, 0.15) is 87.2 Å². The first-order chi connectivity index (χ1) is 21.4. The molecule has 10 heteroatoms. The highest BCUT2D eigenvalue weighted by atomic mass is 35.5. The fourth-order valence-corrected chi connectivity index (χ4v) is 8.22. The van der Waals surface area contributed by atoms with Crippen molar-refractivity contribution in [3.05, 3.63) is 70.3 Å². The third-order valence-corrected chi connectivity index (χ3v) is 11.5. The maximum Gasteiger partial charge on any atom is 0.264 e. The lowest BCUT2D eigenvalue weighted by atomic mass is 9.70. The number of ether oxygens (including phenoxy) is 2. The van der Waals surface area contributed by atoms with Crippen molar-refractivity contribution in [2.24, 2.45) is 11.8 Å². The summed E-state index contributed by atoms with van der Waals surface area (Å²) in [4.78, 5) is 15.7. The molecule has 1 amide bonds. The number of nitrogens with one attached hydrogen (secondary N) is 1. The number of hydrogen-bond acceptors (Lipinski definition) is 7. The summed E-state index contributed by atoms with van der Waals surface area (Å²) in [6.45, 7) is 7.37. The van der Waals surface area contributed by atoms with Gasteiger partial charge in [-0.3, -0.25) is 4.79 Å². The zero-order valence-corrected chi connectivity index (χ0v) is 28.2. The summed E-state index contributed by atoms with van der Waals surface area (Å²) >= 11 is 6.34. The molecule has 2 N–H and O–H groups in total. The van der Waals surface area contributed by atoms with E-state index < -0.39 is 26.8 Å². The number of halogens is 1. The number of amides is 1. The van der Waals surface area contributed by atoms with Gasteiger partial charge in [-0.2, -0.15) is 0 Å². The summed E-state index contributed by atoms with van der Waals surface area (Å²) in [6.07, 6.45) is 10.0. The lowest BCUT2D eigenvalue weighted by molar-refractivity contribution is -0.0770. The molecule has 0 aromatic heterocycles. The van der Waals surface area contributed by atoms with E-state index in [0.29, 0.717) is 42.6 Å². The van der Waals surface area contributed by atoms with Gasteiger partial charge in [-0.25, -0.2) is 13.1 Å². The maximum atomic E-state index is 13.4. The molecule has 0 spiro atoms. The smallest absolute Gasteiger partial charge is 0.264 e. The third kappa shape index (κ3) is 8.61. The highest BCUT2D eigenvalue weighted by Crippen LogP contribution is 2.42. The molecule has 0 radical (unpaired) electrons. The van der Waals surface area contributed by atoms with Crippen LogP contribution in [-0.2, 0) is 27.8 Å². The van der Waals surface area contributed by atoms with Crippen LogP contribution >= 0.6 is 11.6 Å². The summed E-state index contributed by atoms with van der Waals surface area (Å²) in [6, 6.07) is 11.1. The van der Waals surface area contributed by atoms with Crippen LogP contribution in [0.5, 0.6) is 5.75 Å². The van der Waals surface area contributed by atoms with Crippen molar-refractivity contribution in [2.75, 3.05) is 24.6 Å². The number of fused-ring (bicyclic) bond motifs is 3. The number of allylic oxidation sites excluding steroid dienone is 1. The van der Waals surface area contributed by atoms with Crippen LogP contribution in [0.3, 0.4) is 0 Å². The van der Waals surface area contributed by atoms with Gasteiger partial charge < -0.3 is 19.5 Å². The fraction of sp³-hybridized carbons (Fsp3) is 0.571. The number of aliphatic hydroxyl groups is 1. The zero-order chi connectivity index (χ0) is 32.2. The van der Waals surface area contributed by atoms with Crippen LogP contribution in [0.15, 0.2) is 48.6 Å². The molecule has 1 fully saturated rings. The lowest BCUT2D eigenvalue weighted by Gasteiger charge is -2.44. The summed E-state index contributed by atoms with van der Waals surface area (Å²) < 4.78 is 41.8. The molecule has 2 aliphatic heterocycles. The Kier molecular flexibility index (Phi) is 10.8. The van der Waals surface area contributed by atoms with Crippen LogP contribution in [-0.4, -0.2) is 56.1 Å². The maximum absolute atomic E-state index is 13.4. The minimum absolute atomic E-state index is 0.190. The van der Waals surface area contributed by atoms with E-state index in [9.17, 15) is 18.3 Å².